The summed E-state index contributed by atoms with van der Waals surface area (Å²) in [4.78, 5) is 17.1. The Morgan fingerprint density at radius 1 is 1.43 bits per heavy atom. The van der Waals surface area contributed by atoms with Crippen molar-refractivity contribution in [3.8, 4) is 0 Å². The van der Waals surface area contributed by atoms with Gasteiger partial charge in [0.15, 0.2) is 0 Å². The number of hydrazine groups is 1. The topological polar surface area (TPSA) is 77.2 Å². The summed E-state index contributed by atoms with van der Waals surface area (Å²) in [5, 5.41) is 0. The van der Waals surface area contributed by atoms with Crippen LogP contribution >= 0.6 is 11.3 Å². The van der Waals surface area contributed by atoms with Crippen LogP contribution in [0, 0.1) is 6.92 Å². The lowest BCUT2D eigenvalue weighted by Gasteiger charge is -2.04. The second-order valence-electron chi connectivity index (χ2n) is 4.68. The summed E-state index contributed by atoms with van der Waals surface area (Å²) in [5.74, 6) is 4.87. The van der Waals surface area contributed by atoms with Crippen molar-refractivity contribution in [2.24, 2.45) is 5.84 Å². The van der Waals surface area contributed by atoms with Crippen LogP contribution in [0.15, 0.2) is 30.6 Å². The molecule has 0 aliphatic rings. The molecule has 0 bridgehead atoms. The molecule has 21 heavy (non-hydrogen) atoms. The minimum Gasteiger partial charge on any atom is -0.377 e. The van der Waals surface area contributed by atoms with Crippen molar-refractivity contribution in [3.63, 3.8) is 0 Å². The molecule has 3 N–H and O–H groups in total. The summed E-state index contributed by atoms with van der Waals surface area (Å²) in [7, 11) is 0. The van der Waals surface area contributed by atoms with Crippen molar-refractivity contribution in [1.82, 2.24) is 10.4 Å². The number of hydrogen-bond donors (Lipinski definition) is 2. The third-order valence-corrected chi connectivity index (χ3v) is 4.23. The Morgan fingerprint density at radius 2 is 2.19 bits per heavy atom. The van der Waals surface area contributed by atoms with Gasteiger partial charge in [0.2, 0.25) is 0 Å². The lowest BCUT2D eigenvalue weighted by molar-refractivity contribution is 0.0957. The lowest BCUT2D eigenvalue weighted by atomic mass is 10.1. The molecule has 0 unspecified atom stereocenters. The molecule has 2 aromatic rings. The van der Waals surface area contributed by atoms with Crippen molar-refractivity contribution in [2.45, 2.75) is 26.4 Å². The van der Waals surface area contributed by atoms with Crippen LogP contribution < -0.4 is 11.3 Å². The summed E-state index contributed by atoms with van der Waals surface area (Å²) >= 11 is 1.43. The maximum Gasteiger partial charge on any atom is 0.275 e. The van der Waals surface area contributed by atoms with E-state index in [1.54, 1.807) is 12.4 Å². The molecular weight excluding hydrogens is 286 g/mol. The van der Waals surface area contributed by atoms with Crippen LogP contribution in [0.4, 0.5) is 0 Å². The molecule has 2 aromatic heterocycles. The first-order chi connectivity index (χ1) is 10.2. The van der Waals surface area contributed by atoms with Gasteiger partial charge in [-0.05, 0) is 49.1 Å². The maximum absolute atomic E-state index is 11.4. The summed E-state index contributed by atoms with van der Waals surface area (Å²) in [6, 6.07) is 5.87. The standard InChI is InChI=1S/C15H19N3O2S/c1-11-13(9-14(21-11)15(19)18-16)10-20-8-2-3-12-4-6-17-7-5-12/h4-7,9H,2-3,8,10,16H2,1H3,(H,18,19). The van der Waals surface area contributed by atoms with Crippen molar-refractivity contribution < 1.29 is 9.53 Å². The zero-order valence-corrected chi connectivity index (χ0v) is 12.8. The molecular formula is C15H19N3O2S. The van der Waals surface area contributed by atoms with E-state index in [2.05, 4.69) is 10.4 Å². The number of nitrogen functional groups attached to an aromatic ring is 1. The van der Waals surface area contributed by atoms with Crippen LogP contribution in [-0.2, 0) is 17.8 Å². The first-order valence-electron chi connectivity index (χ1n) is 6.77. The van der Waals surface area contributed by atoms with E-state index < -0.39 is 0 Å². The van der Waals surface area contributed by atoms with Gasteiger partial charge in [-0.2, -0.15) is 0 Å². The Balaban J connectivity index is 1.74. The largest absolute Gasteiger partial charge is 0.377 e. The Kier molecular flexibility index (Phi) is 5.86. The average molecular weight is 305 g/mol. The van der Waals surface area contributed by atoms with Crippen LogP contribution in [0.5, 0.6) is 0 Å². The molecule has 0 radical (unpaired) electrons. The fourth-order valence-electron chi connectivity index (χ4n) is 1.96. The van der Waals surface area contributed by atoms with E-state index in [0.29, 0.717) is 18.1 Å². The van der Waals surface area contributed by atoms with Crippen LogP contribution in [0.25, 0.3) is 0 Å². The second-order valence-corrected chi connectivity index (χ2v) is 5.93. The van der Waals surface area contributed by atoms with E-state index in [-0.39, 0.29) is 5.91 Å². The van der Waals surface area contributed by atoms with Gasteiger partial charge in [0.05, 0.1) is 11.5 Å². The quantitative estimate of drug-likeness (QED) is 0.356. The summed E-state index contributed by atoms with van der Waals surface area (Å²) < 4.78 is 5.68. The smallest absolute Gasteiger partial charge is 0.275 e. The number of ether oxygens (including phenoxy) is 1. The van der Waals surface area contributed by atoms with Crippen molar-refractivity contribution in [3.05, 3.63) is 51.5 Å². The first-order valence-corrected chi connectivity index (χ1v) is 7.59. The Bertz CT molecular complexity index is 584. The minimum atomic E-state index is -0.257. The molecule has 0 saturated heterocycles. The average Bonchev–Trinajstić information content (AvgIpc) is 2.88. The molecule has 5 nitrogen and oxygen atoms in total. The number of nitrogens with one attached hydrogen (secondary N) is 1. The molecule has 0 aliphatic heterocycles. The highest BCUT2D eigenvalue weighted by Crippen LogP contribution is 2.22. The molecule has 0 fully saturated rings. The number of hydrogen-bond acceptors (Lipinski definition) is 5. The van der Waals surface area contributed by atoms with Gasteiger partial charge >= 0.3 is 0 Å². The number of carbonyl (C=O) groups is 1. The van der Waals surface area contributed by atoms with Crippen LogP contribution in [0.3, 0.4) is 0 Å². The van der Waals surface area contributed by atoms with Crippen molar-refractivity contribution in [2.75, 3.05) is 6.61 Å². The SMILES string of the molecule is Cc1sc(C(=O)NN)cc1COCCCc1ccncc1. The highest BCUT2D eigenvalue weighted by Gasteiger charge is 2.11. The molecule has 2 heterocycles. The van der Waals surface area contributed by atoms with E-state index >= 15 is 0 Å². The number of nitrogens with two attached hydrogens (primary N) is 1. The van der Waals surface area contributed by atoms with Gasteiger partial charge < -0.3 is 4.74 Å². The lowest BCUT2D eigenvalue weighted by Crippen LogP contribution is -2.29. The number of aromatic nitrogens is 1. The molecule has 112 valence electrons. The molecule has 0 atom stereocenters. The fraction of sp³-hybridized carbons (Fsp3) is 0.333. The van der Waals surface area contributed by atoms with Crippen LogP contribution in [0.1, 0.15) is 32.1 Å². The predicted octanol–water partition coefficient (Wildman–Crippen LogP) is 2.20. The molecule has 2 rings (SSSR count). The predicted molar refractivity (Wildman–Crippen MR) is 82.9 cm³/mol. The maximum atomic E-state index is 11.4. The van der Waals surface area contributed by atoms with Gasteiger partial charge in [0.25, 0.3) is 5.91 Å². The highest BCUT2D eigenvalue weighted by atomic mass is 32.1. The van der Waals surface area contributed by atoms with Gasteiger partial charge in [-0.15, -0.1) is 11.3 Å². The van der Waals surface area contributed by atoms with E-state index in [9.17, 15) is 4.79 Å². The normalized spacial score (nSPS) is 10.6. The summed E-state index contributed by atoms with van der Waals surface area (Å²) in [6.45, 7) is 3.19. The van der Waals surface area contributed by atoms with Crippen molar-refractivity contribution in [1.29, 1.82) is 0 Å². The first kappa shape index (κ1) is 15.6. The molecule has 6 heteroatoms. The highest BCUT2D eigenvalue weighted by molar-refractivity contribution is 7.14. The number of aryl methyl sites for hydroxylation is 2. The number of carbonyl (C=O) groups excluding carboxylic acids is 1. The number of thiophene rings is 1. The number of rotatable bonds is 7. The van der Waals surface area contributed by atoms with Gasteiger partial charge in [-0.1, -0.05) is 0 Å². The van der Waals surface area contributed by atoms with E-state index in [4.69, 9.17) is 10.6 Å². The fourth-order valence-corrected chi connectivity index (χ4v) is 2.89. The van der Waals surface area contributed by atoms with E-state index in [1.807, 2.05) is 25.1 Å². The molecule has 0 saturated carbocycles. The van der Waals surface area contributed by atoms with E-state index in [1.165, 1.54) is 16.9 Å². The molecule has 0 aliphatic carbocycles. The number of pyridine rings is 1. The summed E-state index contributed by atoms with van der Waals surface area (Å²) in [6.07, 6.45) is 5.54. The Morgan fingerprint density at radius 3 is 2.90 bits per heavy atom. The molecule has 0 aromatic carbocycles. The monoisotopic (exact) mass is 305 g/mol. The Hall–Kier alpha value is -1.76. The zero-order valence-electron chi connectivity index (χ0n) is 12.0. The van der Waals surface area contributed by atoms with Gasteiger partial charge in [0.1, 0.15) is 0 Å². The van der Waals surface area contributed by atoms with Gasteiger partial charge in [-0.25, -0.2) is 5.84 Å². The van der Waals surface area contributed by atoms with Crippen LogP contribution in [0.2, 0.25) is 0 Å². The minimum absolute atomic E-state index is 0.257. The molecule has 0 spiro atoms. The third-order valence-electron chi connectivity index (χ3n) is 3.14. The molecule has 1 amide bonds. The Labute approximate surface area is 128 Å². The van der Waals surface area contributed by atoms with Crippen LogP contribution in [-0.4, -0.2) is 17.5 Å². The number of nitrogens with zero attached hydrogens (tertiary/aromatic N) is 1. The van der Waals surface area contributed by atoms with Gasteiger partial charge in [-0.3, -0.25) is 15.2 Å². The second kappa shape index (κ2) is 7.87. The number of amides is 1. The summed E-state index contributed by atoms with van der Waals surface area (Å²) in [5.41, 5.74) is 4.45. The van der Waals surface area contributed by atoms with Gasteiger partial charge in [0, 0.05) is 23.9 Å². The van der Waals surface area contributed by atoms with E-state index in [0.717, 1.165) is 23.3 Å². The van der Waals surface area contributed by atoms with Crippen molar-refractivity contribution >= 4 is 17.2 Å². The zero-order chi connectivity index (χ0) is 15.1. The third kappa shape index (κ3) is 4.63.